The molecule has 0 unspecified atom stereocenters. The highest BCUT2D eigenvalue weighted by Gasteiger charge is 2.08. The quantitative estimate of drug-likeness (QED) is 0.532. The number of hydrogen-bond acceptors (Lipinski definition) is 3. The van der Waals surface area contributed by atoms with Gasteiger partial charge in [-0.1, -0.05) is 29.3 Å². The van der Waals surface area contributed by atoms with Crippen molar-refractivity contribution in [3.8, 4) is 0 Å². The summed E-state index contributed by atoms with van der Waals surface area (Å²) in [5.41, 5.74) is 1.17. The first kappa shape index (κ1) is 21.3. The van der Waals surface area contributed by atoms with Crippen LogP contribution in [0.1, 0.15) is 12.0 Å². The summed E-state index contributed by atoms with van der Waals surface area (Å²) in [6, 6.07) is 5.76. The minimum Gasteiger partial charge on any atom is -1.00 e. The fraction of sp³-hybridized carbons (Fsp3) is 0.571. The topological polar surface area (TPSA) is 24.5 Å². The summed E-state index contributed by atoms with van der Waals surface area (Å²) in [5.74, 6) is 0. The van der Waals surface area contributed by atoms with Crippen LogP contribution in [-0.4, -0.2) is 44.3 Å². The molecule has 0 saturated carbocycles. The monoisotopic (exact) mass is 372 g/mol. The Kier molecular flexibility index (Phi) is 11.9. The highest BCUT2D eigenvalue weighted by Crippen LogP contribution is 2.22. The van der Waals surface area contributed by atoms with Crippen molar-refractivity contribution in [2.75, 3.05) is 39.4 Å². The molecule has 1 aliphatic rings. The molecule has 0 atom stereocenters. The maximum Gasteiger partial charge on any atom is 0.0595 e. The normalized spacial score (nSPS) is 15.1. The molecular formula is C14H20Cl4N2O-2. The summed E-state index contributed by atoms with van der Waals surface area (Å²) in [7, 11) is 0. The van der Waals surface area contributed by atoms with Crippen LogP contribution in [-0.2, 0) is 11.3 Å². The highest BCUT2D eigenvalue weighted by molar-refractivity contribution is 6.42. The van der Waals surface area contributed by atoms with Gasteiger partial charge in [0.1, 0.15) is 0 Å². The van der Waals surface area contributed by atoms with E-state index in [1.165, 1.54) is 5.56 Å². The zero-order valence-electron chi connectivity index (χ0n) is 11.8. The fourth-order valence-electron chi connectivity index (χ4n) is 2.13. The van der Waals surface area contributed by atoms with Gasteiger partial charge in [0.25, 0.3) is 0 Å². The van der Waals surface area contributed by atoms with E-state index in [-0.39, 0.29) is 24.8 Å². The molecule has 0 amide bonds. The smallest absolute Gasteiger partial charge is 0.0595 e. The van der Waals surface area contributed by atoms with Crippen molar-refractivity contribution in [1.82, 2.24) is 10.2 Å². The molecule has 122 valence electrons. The van der Waals surface area contributed by atoms with Gasteiger partial charge in [-0.05, 0) is 37.2 Å². The Morgan fingerprint density at radius 2 is 1.81 bits per heavy atom. The summed E-state index contributed by atoms with van der Waals surface area (Å²) in [6.45, 7) is 6.85. The molecule has 0 spiro atoms. The standard InChI is InChI=1S/C14H20Cl2N2O.2ClH/c15-13-3-2-12(10-14(13)16)11-17-4-1-5-18-6-8-19-9-7-18;;/h2-3,10,17H,1,4-9,11H2;2*1H/p-2. The molecule has 0 radical (unpaired) electrons. The Hall–Kier alpha value is 0.260. The Labute approximate surface area is 149 Å². The Morgan fingerprint density at radius 3 is 2.48 bits per heavy atom. The minimum atomic E-state index is 0. The van der Waals surface area contributed by atoms with E-state index in [0.717, 1.165) is 52.4 Å². The lowest BCUT2D eigenvalue weighted by atomic mass is 10.2. The van der Waals surface area contributed by atoms with Crippen LogP contribution in [0.5, 0.6) is 0 Å². The largest absolute Gasteiger partial charge is 1.00 e. The molecule has 7 heteroatoms. The Bertz CT molecular complexity index is 401. The van der Waals surface area contributed by atoms with E-state index in [1.54, 1.807) is 0 Å². The molecule has 1 aromatic rings. The van der Waals surface area contributed by atoms with Crippen LogP contribution in [0.25, 0.3) is 0 Å². The first-order chi connectivity index (χ1) is 9.25. The number of hydrogen-bond donors (Lipinski definition) is 1. The summed E-state index contributed by atoms with van der Waals surface area (Å²) in [6.07, 6.45) is 1.15. The van der Waals surface area contributed by atoms with Crippen molar-refractivity contribution in [2.24, 2.45) is 0 Å². The average molecular weight is 374 g/mol. The second kappa shape index (κ2) is 11.8. The highest BCUT2D eigenvalue weighted by atomic mass is 35.5. The van der Waals surface area contributed by atoms with Gasteiger partial charge in [0.2, 0.25) is 0 Å². The van der Waals surface area contributed by atoms with Gasteiger partial charge in [0.05, 0.1) is 23.3 Å². The van der Waals surface area contributed by atoms with Gasteiger partial charge in [-0.15, -0.1) is 0 Å². The van der Waals surface area contributed by atoms with E-state index in [0.29, 0.717) is 10.0 Å². The zero-order valence-corrected chi connectivity index (χ0v) is 14.8. The van der Waals surface area contributed by atoms with Crippen LogP contribution in [0.15, 0.2) is 18.2 Å². The molecule has 0 aliphatic carbocycles. The summed E-state index contributed by atoms with van der Waals surface area (Å²) in [4.78, 5) is 2.45. The molecule has 1 aliphatic heterocycles. The third-order valence-electron chi connectivity index (χ3n) is 3.24. The van der Waals surface area contributed by atoms with Crippen LogP contribution in [0.3, 0.4) is 0 Å². The maximum absolute atomic E-state index is 5.98. The summed E-state index contributed by atoms with van der Waals surface area (Å²) >= 11 is 11.9. The van der Waals surface area contributed by atoms with E-state index < -0.39 is 0 Å². The first-order valence-electron chi connectivity index (χ1n) is 6.70. The van der Waals surface area contributed by atoms with E-state index >= 15 is 0 Å². The van der Waals surface area contributed by atoms with Crippen LogP contribution >= 0.6 is 23.2 Å². The van der Waals surface area contributed by atoms with Gasteiger partial charge in [0.15, 0.2) is 0 Å². The molecule has 1 fully saturated rings. The molecule has 1 heterocycles. The number of nitrogens with zero attached hydrogens (tertiary/aromatic N) is 1. The van der Waals surface area contributed by atoms with Gasteiger partial charge >= 0.3 is 0 Å². The number of ether oxygens (including phenoxy) is 1. The average Bonchev–Trinajstić information content (AvgIpc) is 2.43. The molecule has 1 N–H and O–H groups in total. The van der Waals surface area contributed by atoms with Crippen molar-refractivity contribution in [2.45, 2.75) is 13.0 Å². The third kappa shape index (κ3) is 7.89. The van der Waals surface area contributed by atoms with Crippen molar-refractivity contribution < 1.29 is 29.6 Å². The van der Waals surface area contributed by atoms with Crippen molar-refractivity contribution in [1.29, 1.82) is 0 Å². The summed E-state index contributed by atoms with van der Waals surface area (Å²) in [5, 5.41) is 4.66. The molecule has 3 nitrogen and oxygen atoms in total. The maximum atomic E-state index is 5.98. The second-order valence-electron chi connectivity index (χ2n) is 4.73. The van der Waals surface area contributed by atoms with Gasteiger partial charge < -0.3 is 34.9 Å². The number of nitrogens with one attached hydrogen (secondary N) is 1. The van der Waals surface area contributed by atoms with Crippen LogP contribution in [0, 0.1) is 0 Å². The molecule has 2 rings (SSSR count). The molecular weight excluding hydrogens is 354 g/mol. The van der Waals surface area contributed by atoms with Gasteiger partial charge in [-0.25, -0.2) is 0 Å². The Morgan fingerprint density at radius 1 is 1.10 bits per heavy atom. The lowest BCUT2D eigenvalue weighted by Gasteiger charge is -2.26. The molecule has 21 heavy (non-hydrogen) atoms. The van der Waals surface area contributed by atoms with Crippen LogP contribution in [0.2, 0.25) is 10.0 Å². The molecule has 0 aromatic heterocycles. The third-order valence-corrected chi connectivity index (χ3v) is 3.98. The van der Waals surface area contributed by atoms with Crippen molar-refractivity contribution in [3.05, 3.63) is 33.8 Å². The minimum absolute atomic E-state index is 0. The number of rotatable bonds is 6. The summed E-state index contributed by atoms with van der Waals surface area (Å²) < 4.78 is 5.33. The van der Waals surface area contributed by atoms with Crippen molar-refractivity contribution in [3.63, 3.8) is 0 Å². The number of morpholine rings is 1. The first-order valence-corrected chi connectivity index (χ1v) is 7.46. The fourth-order valence-corrected chi connectivity index (χ4v) is 2.46. The van der Waals surface area contributed by atoms with E-state index in [9.17, 15) is 0 Å². The zero-order chi connectivity index (χ0) is 13.5. The lowest BCUT2D eigenvalue weighted by Crippen LogP contribution is -3.00. The molecule has 1 saturated heterocycles. The Balaban J connectivity index is 0.00000200. The van der Waals surface area contributed by atoms with Gasteiger partial charge in [-0.3, -0.25) is 4.90 Å². The van der Waals surface area contributed by atoms with Crippen LogP contribution in [0.4, 0.5) is 0 Å². The number of halogens is 4. The SMILES string of the molecule is Clc1ccc(CNCCCN2CCOCC2)cc1Cl.[Cl-].[Cl-]. The second-order valence-corrected chi connectivity index (χ2v) is 5.55. The lowest BCUT2D eigenvalue weighted by molar-refractivity contribution is -0.001000. The van der Waals surface area contributed by atoms with Crippen molar-refractivity contribution >= 4 is 23.2 Å². The van der Waals surface area contributed by atoms with Crippen LogP contribution < -0.4 is 30.1 Å². The molecule has 1 aromatic carbocycles. The van der Waals surface area contributed by atoms with E-state index in [4.69, 9.17) is 27.9 Å². The van der Waals surface area contributed by atoms with E-state index in [1.807, 2.05) is 18.2 Å². The predicted molar refractivity (Wildman–Crippen MR) is 80.0 cm³/mol. The van der Waals surface area contributed by atoms with E-state index in [2.05, 4.69) is 10.2 Å². The van der Waals surface area contributed by atoms with Gasteiger partial charge in [-0.2, -0.15) is 0 Å². The predicted octanol–water partition coefficient (Wildman–Crippen LogP) is -3.19. The molecule has 0 bridgehead atoms. The number of benzene rings is 1. The van der Waals surface area contributed by atoms with Gasteiger partial charge in [0, 0.05) is 19.6 Å².